The summed E-state index contributed by atoms with van der Waals surface area (Å²) in [6.45, 7) is -1.40. The molecule has 0 unspecified atom stereocenters. The molecule has 1 aliphatic heterocycles. The summed E-state index contributed by atoms with van der Waals surface area (Å²) in [4.78, 5) is 11.5. The van der Waals surface area contributed by atoms with E-state index >= 15 is 0 Å². The Kier molecular flexibility index (Phi) is 5.75. The van der Waals surface area contributed by atoms with Crippen LogP contribution < -0.4 is 5.32 Å². The van der Waals surface area contributed by atoms with Crippen LogP contribution in [-0.2, 0) is 16.0 Å². The fourth-order valence-corrected chi connectivity index (χ4v) is 2.69. The lowest BCUT2D eigenvalue weighted by molar-refractivity contribution is -0.158. The lowest BCUT2D eigenvalue weighted by atomic mass is 9.99. The van der Waals surface area contributed by atoms with E-state index in [9.17, 15) is 30.3 Å². The Morgan fingerprint density at radius 2 is 1.88 bits per heavy atom. The van der Waals surface area contributed by atoms with Crippen LogP contribution in [0, 0.1) is 0 Å². The number of carboxylic acid groups (broad SMARTS) is 1. The average molecular weight is 343 g/mol. The van der Waals surface area contributed by atoms with Crippen LogP contribution in [0.1, 0.15) is 5.56 Å². The monoisotopic (exact) mass is 343 g/mol. The number of aliphatic hydroxyl groups excluding tert-OH is 4. The first-order chi connectivity index (χ1) is 11.3. The van der Waals surface area contributed by atoms with E-state index in [0.717, 1.165) is 0 Å². The third-order valence-electron chi connectivity index (χ3n) is 4.05. The van der Waals surface area contributed by atoms with Gasteiger partial charge in [0.1, 0.15) is 30.1 Å². The van der Waals surface area contributed by atoms with Crippen molar-refractivity contribution in [2.75, 3.05) is 13.2 Å². The SMILES string of the molecule is O=C(O)[C@H](Cc1ccc(O)cc1)N[C@@]1(CO)O[C@H](CO)[C@@H](O)[C@@H]1O. The van der Waals surface area contributed by atoms with Crippen molar-refractivity contribution in [2.45, 2.75) is 36.5 Å². The van der Waals surface area contributed by atoms with Gasteiger partial charge in [-0.05, 0) is 24.1 Å². The van der Waals surface area contributed by atoms with Gasteiger partial charge in [-0.2, -0.15) is 0 Å². The maximum absolute atomic E-state index is 11.5. The van der Waals surface area contributed by atoms with Crippen molar-refractivity contribution in [3.63, 3.8) is 0 Å². The van der Waals surface area contributed by atoms with Crippen molar-refractivity contribution < 1.29 is 40.2 Å². The molecule has 1 aliphatic rings. The Bertz CT molecular complexity index is 565. The van der Waals surface area contributed by atoms with Gasteiger partial charge in [0.05, 0.1) is 13.2 Å². The number of phenols is 1. The predicted molar refractivity (Wildman–Crippen MR) is 80.2 cm³/mol. The van der Waals surface area contributed by atoms with Crippen LogP contribution >= 0.6 is 0 Å². The molecule has 1 heterocycles. The van der Waals surface area contributed by atoms with Gasteiger partial charge in [-0.3, -0.25) is 10.1 Å². The first-order valence-electron chi connectivity index (χ1n) is 7.37. The first-order valence-corrected chi connectivity index (χ1v) is 7.37. The molecule has 0 aromatic heterocycles. The number of nitrogens with one attached hydrogen (secondary N) is 1. The van der Waals surface area contributed by atoms with Crippen molar-refractivity contribution in [1.82, 2.24) is 5.32 Å². The lowest BCUT2D eigenvalue weighted by Crippen LogP contribution is -2.62. The summed E-state index contributed by atoms with van der Waals surface area (Å²) in [7, 11) is 0. The molecule has 7 N–H and O–H groups in total. The zero-order valence-corrected chi connectivity index (χ0v) is 12.7. The maximum atomic E-state index is 11.5. The highest BCUT2D eigenvalue weighted by Gasteiger charge is 2.55. The Hall–Kier alpha value is -1.75. The van der Waals surface area contributed by atoms with Gasteiger partial charge in [0.15, 0.2) is 5.72 Å². The lowest BCUT2D eigenvalue weighted by Gasteiger charge is -2.34. The molecule has 1 saturated heterocycles. The van der Waals surface area contributed by atoms with Crippen LogP contribution in [0.15, 0.2) is 24.3 Å². The quantitative estimate of drug-likeness (QED) is 0.291. The Balaban J connectivity index is 2.19. The van der Waals surface area contributed by atoms with Crippen molar-refractivity contribution in [3.8, 4) is 5.75 Å². The van der Waals surface area contributed by atoms with Gasteiger partial charge < -0.3 is 35.4 Å². The van der Waals surface area contributed by atoms with Crippen molar-refractivity contribution in [3.05, 3.63) is 29.8 Å². The number of hydrogen-bond acceptors (Lipinski definition) is 8. The van der Waals surface area contributed by atoms with Gasteiger partial charge in [-0.1, -0.05) is 12.1 Å². The molecule has 1 aromatic rings. The number of rotatable bonds is 7. The van der Waals surface area contributed by atoms with Crippen molar-refractivity contribution in [1.29, 1.82) is 0 Å². The molecule has 0 aliphatic carbocycles. The van der Waals surface area contributed by atoms with E-state index in [0.29, 0.717) is 5.56 Å². The minimum absolute atomic E-state index is 0.0205. The zero-order valence-electron chi connectivity index (χ0n) is 12.7. The molecule has 24 heavy (non-hydrogen) atoms. The van der Waals surface area contributed by atoms with E-state index < -0.39 is 49.3 Å². The number of benzene rings is 1. The summed E-state index contributed by atoms with van der Waals surface area (Å²) >= 11 is 0. The molecule has 9 heteroatoms. The van der Waals surface area contributed by atoms with E-state index in [-0.39, 0.29) is 12.2 Å². The van der Waals surface area contributed by atoms with Gasteiger partial charge in [0.25, 0.3) is 0 Å². The summed E-state index contributed by atoms with van der Waals surface area (Å²) in [5.74, 6) is -1.22. The Morgan fingerprint density at radius 1 is 1.25 bits per heavy atom. The molecule has 0 radical (unpaired) electrons. The minimum atomic E-state index is -1.91. The molecular formula is C15H21NO8. The average Bonchev–Trinajstić information content (AvgIpc) is 2.81. The summed E-state index contributed by atoms with van der Waals surface area (Å²) < 4.78 is 5.29. The number of ether oxygens (including phenoxy) is 1. The second-order valence-corrected chi connectivity index (χ2v) is 5.73. The summed E-state index contributed by atoms with van der Waals surface area (Å²) in [6.07, 6.45) is -4.27. The van der Waals surface area contributed by atoms with Gasteiger partial charge in [-0.15, -0.1) is 0 Å². The molecule has 0 spiro atoms. The summed E-state index contributed by atoms with van der Waals surface area (Å²) in [5.41, 5.74) is -1.32. The van der Waals surface area contributed by atoms with Crippen LogP contribution in [0.3, 0.4) is 0 Å². The van der Waals surface area contributed by atoms with Crippen LogP contribution in [0.5, 0.6) is 5.75 Å². The Labute approximate surface area is 137 Å². The molecule has 0 bridgehead atoms. The number of aliphatic carboxylic acids is 1. The van der Waals surface area contributed by atoms with Crippen molar-refractivity contribution >= 4 is 5.97 Å². The highest BCUT2D eigenvalue weighted by atomic mass is 16.6. The van der Waals surface area contributed by atoms with E-state index in [1.54, 1.807) is 0 Å². The molecule has 5 atom stereocenters. The van der Waals surface area contributed by atoms with Gasteiger partial charge in [0, 0.05) is 0 Å². The molecule has 2 rings (SSSR count). The molecule has 9 nitrogen and oxygen atoms in total. The number of carboxylic acids is 1. The summed E-state index contributed by atoms with van der Waals surface area (Å²) in [6, 6.07) is 4.64. The molecule has 0 saturated carbocycles. The fourth-order valence-electron chi connectivity index (χ4n) is 2.69. The highest BCUT2D eigenvalue weighted by molar-refractivity contribution is 5.74. The number of carbonyl (C=O) groups is 1. The van der Waals surface area contributed by atoms with Crippen molar-refractivity contribution in [2.24, 2.45) is 0 Å². The maximum Gasteiger partial charge on any atom is 0.321 e. The molecular weight excluding hydrogens is 322 g/mol. The van der Waals surface area contributed by atoms with E-state index in [1.807, 2.05) is 0 Å². The number of aliphatic hydroxyl groups is 4. The van der Waals surface area contributed by atoms with Crippen LogP contribution in [-0.4, -0.2) is 79.9 Å². The van der Waals surface area contributed by atoms with Crippen LogP contribution in [0.25, 0.3) is 0 Å². The topological polar surface area (TPSA) is 160 Å². The van der Waals surface area contributed by atoms with Crippen LogP contribution in [0.2, 0.25) is 0 Å². The largest absolute Gasteiger partial charge is 0.508 e. The second-order valence-electron chi connectivity index (χ2n) is 5.73. The number of aromatic hydroxyl groups is 1. The standard InChI is InChI=1S/C15H21NO8/c17-6-11-12(20)13(21)15(7-18,24-11)16-10(14(22)23)5-8-1-3-9(19)4-2-8/h1-4,10-13,16-21H,5-7H2,(H,22,23)/t10-,11+,12+,13-,15-/m0/s1. The van der Waals surface area contributed by atoms with Gasteiger partial charge >= 0.3 is 5.97 Å². The fraction of sp³-hybridized carbons (Fsp3) is 0.533. The molecule has 0 amide bonds. The molecule has 134 valence electrons. The normalized spacial score (nSPS) is 31.1. The Morgan fingerprint density at radius 3 is 2.33 bits per heavy atom. The summed E-state index contributed by atoms with van der Waals surface area (Å²) in [5, 5.41) is 59.9. The number of hydrogen-bond donors (Lipinski definition) is 7. The van der Waals surface area contributed by atoms with E-state index in [2.05, 4.69) is 5.32 Å². The molecule has 1 fully saturated rings. The second kappa shape index (κ2) is 7.43. The van der Waals surface area contributed by atoms with Gasteiger partial charge in [-0.25, -0.2) is 0 Å². The molecule has 1 aromatic carbocycles. The third kappa shape index (κ3) is 3.66. The zero-order chi connectivity index (χ0) is 17.9. The van der Waals surface area contributed by atoms with E-state index in [1.165, 1.54) is 24.3 Å². The first kappa shape index (κ1) is 18.6. The minimum Gasteiger partial charge on any atom is -0.508 e. The van der Waals surface area contributed by atoms with Crippen LogP contribution in [0.4, 0.5) is 0 Å². The number of phenolic OH excluding ortho intramolecular Hbond substituents is 1. The highest BCUT2D eigenvalue weighted by Crippen LogP contribution is 2.30. The van der Waals surface area contributed by atoms with E-state index in [4.69, 9.17) is 9.84 Å². The smallest absolute Gasteiger partial charge is 0.321 e. The van der Waals surface area contributed by atoms with Gasteiger partial charge in [0.2, 0.25) is 0 Å². The predicted octanol–water partition coefficient (Wildman–Crippen LogP) is -2.22. The third-order valence-corrected chi connectivity index (χ3v) is 4.05.